The zero-order valence-corrected chi connectivity index (χ0v) is 14.5. The van der Waals surface area contributed by atoms with E-state index in [1.807, 2.05) is 12.1 Å². The maximum atomic E-state index is 5.86. The van der Waals surface area contributed by atoms with Crippen LogP contribution in [0.25, 0.3) is 0 Å². The third-order valence-electron chi connectivity index (χ3n) is 4.06. The van der Waals surface area contributed by atoms with E-state index in [2.05, 4.69) is 45.6 Å². The van der Waals surface area contributed by atoms with E-state index in [-0.39, 0.29) is 0 Å². The molecular weight excluding hydrogens is 334 g/mol. The van der Waals surface area contributed by atoms with E-state index < -0.39 is 0 Å². The van der Waals surface area contributed by atoms with Crippen molar-refractivity contribution in [2.75, 3.05) is 31.1 Å². The van der Waals surface area contributed by atoms with Crippen molar-refractivity contribution in [1.29, 1.82) is 0 Å². The number of thiocarbonyl (C=S) groups is 1. The highest BCUT2D eigenvalue weighted by molar-refractivity contribution is 9.10. The monoisotopic (exact) mass is 355 g/mol. The summed E-state index contributed by atoms with van der Waals surface area (Å²) in [4.78, 5) is 5.40. The van der Waals surface area contributed by atoms with Crippen LogP contribution in [-0.4, -0.2) is 42.1 Å². The second kappa shape index (κ2) is 6.87. The Morgan fingerprint density at radius 3 is 2.75 bits per heavy atom. The summed E-state index contributed by atoms with van der Waals surface area (Å²) in [6, 6.07) is 6.75. The van der Waals surface area contributed by atoms with Crippen LogP contribution in [0.1, 0.15) is 25.8 Å². The van der Waals surface area contributed by atoms with Crippen LogP contribution in [0.2, 0.25) is 0 Å². The number of anilines is 1. The first kappa shape index (κ1) is 15.7. The van der Waals surface area contributed by atoms with Gasteiger partial charge in [-0.15, -0.1) is 0 Å². The molecule has 1 unspecified atom stereocenters. The lowest BCUT2D eigenvalue weighted by molar-refractivity contribution is 0.232. The van der Waals surface area contributed by atoms with Gasteiger partial charge in [-0.1, -0.05) is 42.0 Å². The average Bonchev–Trinajstić information content (AvgIpc) is 2.89. The Bertz CT molecular complexity index is 488. The topological polar surface area (TPSA) is 32.5 Å². The number of rotatable bonds is 5. The molecule has 1 aromatic rings. The third kappa shape index (κ3) is 3.32. The first-order valence-electron chi connectivity index (χ1n) is 7.15. The molecule has 0 spiro atoms. The second-order valence-electron chi connectivity index (χ2n) is 5.14. The number of halogens is 1. The molecule has 0 bridgehead atoms. The van der Waals surface area contributed by atoms with E-state index in [0.717, 1.165) is 41.9 Å². The summed E-state index contributed by atoms with van der Waals surface area (Å²) in [5, 5.41) is 0. The van der Waals surface area contributed by atoms with E-state index in [4.69, 9.17) is 18.0 Å². The molecule has 1 aliphatic rings. The predicted molar refractivity (Wildman–Crippen MR) is 93.6 cm³/mol. The van der Waals surface area contributed by atoms with Crippen molar-refractivity contribution in [3.8, 4) is 0 Å². The SMILES string of the molecule is CCN(CC)C1CCN(c2cc(Br)ccc2C(N)=S)C1. The maximum absolute atomic E-state index is 5.86. The van der Waals surface area contributed by atoms with Gasteiger partial charge in [0.15, 0.2) is 0 Å². The van der Waals surface area contributed by atoms with Gasteiger partial charge in [0.05, 0.1) is 0 Å². The molecule has 1 aliphatic heterocycles. The predicted octanol–water partition coefficient (Wildman–Crippen LogP) is 3.00. The average molecular weight is 356 g/mol. The molecule has 0 aromatic heterocycles. The lowest BCUT2D eigenvalue weighted by Gasteiger charge is -2.27. The molecule has 5 heteroatoms. The molecule has 1 atom stereocenters. The Morgan fingerprint density at radius 2 is 2.15 bits per heavy atom. The van der Waals surface area contributed by atoms with Gasteiger partial charge in [-0.25, -0.2) is 0 Å². The van der Waals surface area contributed by atoms with Crippen molar-refractivity contribution in [1.82, 2.24) is 4.90 Å². The van der Waals surface area contributed by atoms with Crippen LogP contribution in [0.15, 0.2) is 22.7 Å². The molecule has 1 heterocycles. The molecule has 2 rings (SSSR count). The minimum atomic E-state index is 0.471. The highest BCUT2D eigenvalue weighted by Crippen LogP contribution is 2.29. The van der Waals surface area contributed by atoms with E-state index in [1.54, 1.807) is 0 Å². The molecule has 0 amide bonds. The molecule has 0 saturated carbocycles. The Labute approximate surface area is 135 Å². The van der Waals surface area contributed by atoms with Crippen LogP contribution in [0.5, 0.6) is 0 Å². The minimum absolute atomic E-state index is 0.471. The molecule has 110 valence electrons. The van der Waals surface area contributed by atoms with Crippen molar-refractivity contribution in [2.24, 2.45) is 5.73 Å². The fraction of sp³-hybridized carbons (Fsp3) is 0.533. The molecule has 20 heavy (non-hydrogen) atoms. The minimum Gasteiger partial charge on any atom is -0.389 e. The Balaban J connectivity index is 2.21. The van der Waals surface area contributed by atoms with Gasteiger partial charge in [-0.3, -0.25) is 4.90 Å². The standard InChI is InChI=1S/C15H22BrN3S/c1-3-18(4-2)12-7-8-19(10-12)14-9-11(16)5-6-13(14)15(17)20/h5-6,9,12H,3-4,7-8,10H2,1-2H3,(H2,17,20). The first-order valence-corrected chi connectivity index (χ1v) is 8.35. The Morgan fingerprint density at radius 1 is 1.45 bits per heavy atom. The van der Waals surface area contributed by atoms with Crippen LogP contribution in [0.4, 0.5) is 5.69 Å². The third-order valence-corrected chi connectivity index (χ3v) is 4.77. The van der Waals surface area contributed by atoms with Gasteiger partial charge in [0.2, 0.25) is 0 Å². The summed E-state index contributed by atoms with van der Waals surface area (Å²) in [6.07, 6.45) is 1.20. The van der Waals surface area contributed by atoms with Crippen molar-refractivity contribution in [3.63, 3.8) is 0 Å². The quantitative estimate of drug-likeness (QED) is 0.823. The zero-order chi connectivity index (χ0) is 14.7. The van der Waals surface area contributed by atoms with Crippen molar-refractivity contribution in [2.45, 2.75) is 26.3 Å². The fourth-order valence-corrected chi connectivity index (χ4v) is 3.50. The van der Waals surface area contributed by atoms with Crippen LogP contribution in [0.3, 0.4) is 0 Å². The number of nitrogens with two attached hydrogens (primary N) is 1. The van der Waals surface area contributed by atoms with Gasteiger partial charge in [-0.2, -0.15) is 0 Å². The molecule has 1 fully saturated rings. The molecule has 1 aromatic carbocycles. The van der Waals surface area contributed by atoms with Crippen LogP contribution < -0.4 is 10.6 Å². The molecular formula is C15H22BrN3S. The fourth-order valence-electron chi connectivity index (χ4n) is 2.97. The van der Waals surface area contributed by atoms with Crippen molar-refractivity contribution >= 4 is 38.8 Å². The highest BCUT2D eigenvalue weighted by Gasteiger charge is 2.27. The van der Waals surface area contributed by atoms with Gasteiger partial charge in [0.1, 0.15) is 4.99 Å². The summed E-state index contributed by atoms with van der Waals surface area (Å²) in [5.41, 5.74) is 7.99. The second-order valence-corrected chi connectivity index (χ2v) is 6.49. The molecule has 1 saturated heterocycles. The van der Waals surface area contributed by atoms with Gasteiger partial charge in [0.25, 0.3) is 0 Å². The Kier molecular flexibility index (Phi) is 5.41. The van der Waals surface area contributed by atoms with Crippen LogP contribution in [-0.2, 0) is 0 Å². The molecule has 0 radical (unpaired) electrons. The summed E-state index contributed by atoms with van der Waals surface area (Å²) >= 11 is 8.72. The van der Waals surface area contributed by atoms with Crippen molar-refractivity contribution < 1.29 is 0 Å². The number of likely N-dealkylation sites (N-methyl/N-ethyl adjacent to an activating group) is 1. The summed E-state index contributed by atoms with van der Waals surface area (Å²) in [6.45, 7) is 8.78. The summed E-state index contributed by atoms with van der Waals surface area (Å²) in [5.74, 6) is 0. The first-order chi connectivity index (χ1) is 9.56. The lowest BCUT2D eigenvalue weighted by atomic mass is 10.1. The molecule has 0 aliphatic carbocycles. The number of hydrogen-bond acceptors (Lipinski definition) is 3. The summed E-state index contributed by atoms with van der Waals surface area (Å²) < 4.78 is 1.07. The normalized spacial score (nSPS) is 18.8. The van der Waals surface area contributed by atoms with E-state index in [0.29, 0.717) is 11.0 Å². The van der Waals surface area contributed by atoms with Crippen LogP contribution >= 0.6 is 28.1 Å². The van der Waals surface area contributed by atoms with Crippen molar-refractivity contribution in [3.05, 3.63) is 28.2 Å². The van der Waals surface area contributed by atoms with Gasteiger partial charge in [-0.05, 0) is 37.7 Å². The smallest absolute Gasteiger partial charge is 0.106 e. The van der Waals surface area contributed by atoms with E-state index in [9.17, 15) is 0 Å². The van der Waals surface area contributed by atoms with Crippen LogP contribution in [0, 0.1) is 0 Å². The van der Waals surface area contributed by atoms with Gasteiger partial charge < -0.3 is 10.6 Å². The molecule has 3 nitrogen and oxygen atoms in total. The van der Waals surface area contributed by atoms with E-state index in [1.165, 1.54) is 6.42 Å². The zero-order valence-electron chi connectivity index (χ0n) is 12.1. The number of hydrogen-bond donors (Lipinski definition) is 1. The van der Waals surface area contributed by atoms with Gasteiger partial charge >= 0.3 is 0 Å². The largest absolute Gasteiger partial charge is 0.389 e. The number of benzene rings is 1. The Hall–Kier alpha value is -0.650. The summed E-state index contributed by atoms with van der Waals surface area (Å²) in [7, 11) is 0. The maximum Gasteiger partial charge on any atom is 0.106 e. The van der Waals surface area contributed by atoms with Gasteiger partial charge in [0, 0.05) is 34.9 Å². The lowest BCUT2D eigenvalue weighted by Crippen LogP contribution is -2.37. The molecule has 2 N–H and O–H groups in total. The number of nitrogens with zero attached hydrogens (tertiary/aromatic N) is 2. The highest BCUT2D eigenvalue weighted by atomic mass is 79.9. The van der Waals surface area contributed by atoms with E-state index >= 15 is 0 Å².